The van der Waals surface area contributed by atoms with Crippen LogP contribution in [0.4, 0.5) is 5.69 Å². The van der Waals surface area contributed by atoms with Gasteiger partial charge < -0.3 is 15.2 Å². The average molecular weight is 360 g/mol. The van der Waals surface area contributed by atoms with Crippen LogP contribution < -0.4 is 15.5 Å². The molecule has 0 unspecified atom stereocenters. The van der Waals surface area contributed by atoms with Gasteiger partial charge in [-0.05, 0) is 17.8 Å². The molecule has 2 rings (SSSR count). The predicted molar refractivity (Wildman–Crippen MR) is 97.9 cm³/mol. The molecule has 0 aliphatic rings. The zero-order chi connectivity index (χ0) is 18.2. The molecule has 8 nitrogen and oxygen atoms in total. The number of hydrogen-bond donors (Lipinski definition) is 3. The maximum Gasteiger partial charge on any atom is 0.274 e. The first-order valence-electron chi connectivity index (χ1n) is 7.17. The number of hydrogen-bond acceptors (Lipinski definition) is 6. The van der Waals surface area contributed by atoms with E-state index in [-0.39, 0.29) is 27.9 Å². The fourth-order valence-corrected chi connectivity index (χ4v) is 2.08. The summed E-state index contributed by atoms with van der Waals surface area (Å²) in [5.74, 6) is -0.262. The molecule has 130 valence electrons. The van der Waals surface area contributed by atoms with Crippen molar-refractivity contribution < 1.29 is 14.8 Å². The van der Waals surface area contributed by atoms with Crippen LogP contribution in [0, 0.1) is 10.1 Å². The van der Waals surface area contributed by atoms with Crippen LogP contribution in [0.1, 0.15) is 11.1 Å². The number of hydrazone groups is 1. The highest BCUT2D eigenvalue weighted by Crippen LogP contribution is 2.33. The highest BCUT2D eigenvalue weighted by molar-refractivity contribution is 7.80. The minimum atomic E-state index is -0.585. The quantitative estimate of drug-likeness (QED) is 0.314. The fourth-order valence-electron chi connectivity index (χ4n) is 1.95. The Labute approximate surface area is 149 Å². The van der Waals surface area contributed by atoms with Gasteiger partial charge in [0.05, 0.1) is 24.3 Å². The molecule has 0 saturated heterocycles. The van der Waals surface area contributed by atoms with E-state index < -0.39 is 4.92 Å². The molecule has 0 aromatic heterocycles. The lowest BCUT2D eigenvalue weighted by Gasteiger charge is -2.08. The number of nitro benzene ring substituents is 1. The Hall–Kier alpha value is -3.20. The Kier molecular flexibility index (Phi) is 6.24. The Bertz CT molecular complexity index is 796. The smallest absolute Gasteiger partial charge is 0.274 e. The molecule has 9 heteroatoms. The van der Waals surface area contributed by atoms with Crippen LogP contribution in [0.25, 0.3) is 0 Å². The number of phenolic OH excluding ortho intramolecular Hbond substituents is 1. The Morgan fingerprint density at radius 1 is 1.40 bits per heavy atom. The second kappa shape index (κ2) is 8.60. The highest BCUT2D eigenvalue weighted by Gasteiger charge is 2.15. The lowest BCUT2D eigenvalue weighted by molar-refractivity contribution is -0.385. The van der Waals surface area contributed by atoms with Gasteiger partial charge in [0.15, 0.2) is 16.6 Å². The molecule has 0 radical (unpaired) electrons. The lowest BCUT2D eigenvalue weighted by atomic mass is 10.2. The summed E-state index contributed by atoms with van der Waals surface area (Å²) in [5, 5.41) is 28.0. The molecule has 0 atom stereocenters. The van der Waals surface area contributed by atoms with Crippen LogP contribution in [-0.2, 0) is 6.54 Å². The van der Waals surface area contributed by atoms with Crippen LogP contribution in [0.3, 0.4) is 0 Å². The van der Waals surface area contributed by atoms with E-state index in [1.54, 1.807) is 0 Å². The van der Waals surface area contributed by atoms with E-state index in [0.717, 1.165) is 11.6 Å². The largest absolute Gasteiger partial charge is 0.504 e. The van der Waals surface area contributed by atoms with Crippen LogP contribution in [0.5, 0.6) is 11.5 Å². The molecule has 2 aromatic carbocycles. The van der Waals surface area contributed by atoms with Crippen molar-refractivity contribution in [2.24, 2.45) is 5.10 Å². The molecule has 25 heavy (non-hydrogen) atoms. The number of non-ortho nitro benzene ring substituents is 1. The number of thiocarbonyl (C=S) groups is 1. The van der Waals surface area contributed by atoms with Gasteiger partial charge >= 0.3 is 0 Å². The van der Waals surface area contributed by atoms with Gasteiger partial charge in [-0.2, -0.15) is 5.10 Å². The minimum Gasteiger partial charge on any atom is -0.504 e. The van der Waals surface area contributed by atoms with E-state index in [1.807, 2.05) is 30.3 Å². The molecule has 0 aliphatic carbocycles. The Morgan fingerprint density at radius 3 is 2.76 bits per heavy atom. The van der Waals surface area contributed by atoms with Crippen molar-refractivity contribution in [3.63, 3.8) is 0 Å². The second-order valence-electron chi connectivity index (χ2n) is 4.88. The maximum atomic E-state index is 10.9. The van der Waals surface area contributed by atoms with Gasteiger partial charge in [-0.1, -0.05) is 30.3 Å². The van der Waals surface area contributed by atoms with Crippen LogP contribution >= 0.6 is 12.2 Å². The molecule has 0 aliphatic heterocycles. The normalized spacial score (nSPS) is 10.4. The second-order valence-corrected chi connectivity index (χ2v) is 5.29. The predicted octanol–water partition coefficient (Wildman–Crippen LogP) is 2.31. The van der Waals surface area contributed by atoms with E-state index in [0.29, 0.717) is 6.54 Å². The van der Waals surface area contributed by atoms with Gasteiger partial charge in [-0.25, -0.2) is 0 Å². The fraction of sp³-hybridized carbons (Fsp3) is 0.125. The first kappa shape index (κ1) is 18.1. The summed E-state index contributed by atoms with van der Waals surface area (Å²) in [7, 11) is 1.31. The average Bonchev–Trinajstić information content (AvgIpc) is 2.62. The molecule has 0 saturated carbocycles. The summed E-state index contributed by atoms with van der Waals surface area (Å²) in [4.78, 5) is 10.3. The zero-order valence-electron chi connectivity index (χ0n) is 13.3. The summed E-state index contributed by atoms with van der Waals surface area (Å²) in [6.07, 6.45) is 1.22. The number of rotatable bonds is 6. The van der Waals surface area contributed by atoms with E-state index in [2.05, 4.69) is 15.8 Å². The summed E-state index contributed by atoms with van der Waals surface area (Å²) in [5.41, 5.74) is 3.54. The molecule has 0 fully saturated rings. The first-order chi connectivity index (χ1) is 12.0. The van der Waals surface area contributed by atoms with Gasteiger partial charge in [0.25, 0.3) is 5.69 Å². The standard InChI is InChI=1S/C16H16N4O4S/c1-24-14-8-13(20(22)23)7-12(15(14)21)10-18-19-16(25)17-9-11-5-3-2-4-6-11/h2-8,10,21H,9H2,1H3,(H2,17,19,25)/b18-10+. The summed E-state index contributed by atoms with van der Waals surface area (Å²) < 4.78 is 4.92. The summed E-state index contributed by atoms with van der Waals surface area (Å²) in [6.45, 7) is 0.526. The Balaban J connectivity index is 2.00. The third-order valence-corrected chi connectivity index (χ3v) is 3.42. The van der Waals surface area contributed by atoms with Crippen LogP contribution in [0.2, 0.25) is 0 Å². The monoisotopic (exact) mass is 360 g/mol. The third kappa shape index (κ3) is 5.15. The van der Waals surface area contributed by atoms with Gasteiger partial charge in [0, 0.05) is 18.2 Å². The molecule has 0 amide bonds. The van der Waals surface area contributed by atoms with Crippen LogP contribution in [0.15, 0.2) is 47.6 Å². The number of nitro groups is 1. The molecule has 0 heterocycles. The maximum absolute atomic E-state index is 10.9. The summed E-state index contributed by atoms with van der Waals surface area (Å²) >= 11 is 5.09. The number of nitrogens with one attached hydrogen (secondary N) is 2. The van der Waals surface area contributed by atoms with Crippen molar-refractivity contribution in [1.29, 1.82) is 0 Å². The number of aromatic hydroxyl groups is 1. The molecule has 2 aromatic rings. The number of nitrogens with zero attached hydrogens (tertiary/aromatic N) is 2. The minimum absolute atomic E-state index is 0.0135. The van der Waals surface area contributed by atoms with Gasteiger partial charge in [-0.15, -0.1) is 0 Å². The van der Waals surface area contributed by atoms with Crippen molar-refractivity contribution in [2.75, 3.05) is 7.11 Å². The molecular formula is C16H16N4O4S. The highest BCUT2D eigenvalue weighted by atomic mass is 32.1. The van der Waals surface area contributed by atoms with E-state index in [9.17, 15) is 15.2 Å². The van der Waals surface area contributed by atoms with E-state index in [1.165, 1.54) is 19.4 Å². The number of ether oxygens (including phenoxy) is 1. The molecule has 0 spiro atoms. The number of benzene rings is 2. The topological polar surface area (TPSA) is 109 Å². The van der Waals surface area contributed by atoms with Crippen molar-refractivity contribution in [3.05, 3.63) is 63.7 Å². The Morgan fingerprint density at radius 2 is 2.12 bits per heavy atom. The van der Waals surface area contributed by atoms with Crippen molar-refractivity contribution in [2.45, 2.75) is 6.54 Å². The van der Waals surface area contributed by atoms with Crippen molar-refractivity contribution in [1.82, 2.24) is 10.7 Å². The van der Waals surface area contributed by atoms with Gasteiger partial charge in [0.2, 0.25) is 0 Å². The van der Waals surface area contributed by atoms with Crippen molar-refractivity contribution >= 4 is 29.2 Å². The van der Waals surface area contributed by atoms with E-state index in [4.69, 9.17) is 17.0 Å². The molecular weight excluding hydrogens is 344 g/mol. The molecule has 0 bridgehead atoms. The van der Waals surface area contributed by atoms with Crippen molar-refractivity contribution in [3.8, 4) is 11.5 Å². The number of methoxy groups -OCH3 is 1. The van der Waals surface area contributed by atoms with E-state index >= 15 is 0 Å². The number of phenols is 1. The van der Waals surface area contributed by atoms with Gasteiger partial charge in [0.1, 0.15) is 0 Å². The van der Waals surface area contributed by atoms with Gasteiger partial charge in [-0.3, -0.25) is 15.5 Å². The first-order valence-corrected chi connectivity index (χ1v) is 7.58. The molecule has 3 N–H and O–H groups in total. The summed E-state index contributed by atoms with van der Waals surface area (Å²) in [6, 6.07) is 12.0. The SMILES string of the molecule is COc1cc([N+](=O)[O-])cc(/C=N/NC(=S)NCc2ccccc2)c1O. The third-order valence-electron chi connectivity index (χ3n) is 3.19. The lowest BCUT2D eigenvalue weighted by Crippen LogP contribution is -2.31. The zero-order valence-corrected chi connectivity index (χ0v) is 14.1. The van der Waals surface area contributed by atoms with Crippen LogP contribution in [-0.4, -0.2) is 28.5 Å².